The summed E-state index contributed by atoms with van der Waals surface area (Å²) in [5.74, 6) is -2.70. The number of nitrogens with one attached hydrogen (secondary N) is 2. The highest BCUT2D eigenvalue weighted by atomic mass is 35.5. The van der Waals surface area contributed by atoms with E-state index in [0.717, 1.165) is 0 Å². The minimum Gasteiger partial charge on any atom is -0.454 e. The van der Waals surface area contributed by atoms with Crippen molar-refractivity contribution in [2.24, 2.45) is 11.7 Å². The summed E-state index contributed by atoms with van der Waals surface area (Å²) in [5.41, 5.74) is 5.06. The van der Waals surface area contributed by atoms with Crippen LogP contribution in [0.1, 0.15) is 30.6 Å². The number of ether oxygens (including phenoxy) is 1. The van der Waals surface area contributed by atoms with Crippen molar-refractivity contribution in [2.45, 2.75) is 26.3 Å². The third-order valence-electron chi connectivity index (χ3n) is 3.28. The number of benzene rings is 1. The molecule has 1 aromatic carbocycles. The molecule has 1 aromatic rings. The van der Waals surface area contributed by atoms with Crippen LogP contribution in [-0.4, -0.2) is 42.9 Å². The van der Waals surface area contributed by atoms with Gasteiger partial charge in [0.1, 0.15) is 6.04 Å². The van der Waals surface area contributed by atoms with E-state index in [9.17, 15) is 19.2 Å². The van der Waals surface area contributed by atoms with Crippen molar-refractivity contribution in [2.75, 3.05) is 13.2 Å². The summed E-state index contributed by atoms with van der Waals surface area (Å²) in [6.07, 6.45) is 0.290. The van der Waals surface area contributed by atoms with Gasteiger partial charge in [-0.15, -0.1) is 0 Å². The molecule has 0 aromatic heterocycles. The molecule has 0 spiro atoms. The van der Waals surface area contributed by atoms with Gasteiger partial charge in [-0.1, -0.05) is 37.0 Å². The van der Waals surface area contributed by atoms with Crippen molar-refractivity contribution in [3.8, 4) is 0 Å². The van der Waals surface area contributed by atoms with Crippen molar-refractivity contribution in [3.05, 3.63) is 33.8 Å². The zero-order chi connectivity index (χ0) is 20.6. The summed E-state index contributed by atoms with van der Waals surface area (Å²) < 4.78 is 4.91. The molecule has 0 bridgehead atoms. The van der Waals surface area contributed by atoms with Gasteiger partial charge in [0, 0.05) is 5.02 Å². The van der Waals surface area contributed by atoms with Crippen molar-refractivity contribution >= 4 is 46.9 Å². The molecule has 0 aliphatic rings. The first kappa shape index (κ1) is 22.7. The zero-order valence-corrected chi connectivity index (χ0v) is 16.4. The Bertz CT molecular complexity index is 725. The topological polar surface area (TPSA) is 128 Å². The molecule has 0 saturated carbocycles. The monoisotopic (exact) mass is 417 g/mol. The van der Waals surface area contributed by atoms with E-state index in [4.69, 9.17) is 33.7 Å². The number of hydrogen-bond acceptors (Lipinski definition) is 5. The highest BCUT2D eigenvalue weighted by Gasteiger charge is 2.25. The number of halogens is 2. The van der Waals surface area contributed by atoms with Crippen LogP contribution in [0.25, 0.3) is 0 Å². The van der Waals surface area contributed by atoms with Crippen molar-refractivity contribution in [3.63, 3.8) is 0 Å². The average molecular weight is 418 g/mol. The van der Waals surface area contributed by atoms with Crippen LogP contribution in [0.5, 0.6) is 0 Å². The lowest BCUT2D eigenvalue weighted by molar-refractivity contribution is -0.150. The van der Waals surface area contributed by atoms with Gasteiger partial charge in [-0.3, -0.25) is 14.4 Å². The minimum absolute atomic E-state index is 0.0622. The van der Waals surface area contributed by atoms with E-state index in [1.165, 1.54) is 18.2 Å². The number of primary amides is 1. The van der Waals surface area contributed by atoms with Crippen LogP contribution in [0.2, 0.25) is 10.0 Å². The van der Waals surface area contributed by atoms with E-state index in [-0.39, 0.29) is 23.0 Å². The van der Waals surface area contributed by atoms with E-state index < -0.39 is 36.3 Å². The molecular weight excluding hydrogens is 397 g/mol. The van der Waals surface area contributed by atoms with Gasteiger partial charge in [-0.05, 0) is 30.5 Å². The Hall–Kier alpha value is -2.32. The molecule has 1 rings (SSSR count). The number of esters is 1. The predicted octanol–water partition coefficient (Wildman–Crippen LogP) is 1.28. The Balaban J connectivity index is 2.73. The maximum absolute atomic E-state index is 12.4. The fraction of sp³-hybridized carbons (Fsp3) is 0.412. The van der Waals surface area contributed by atoms with Crippen LogP contribution >= 0.6 is 23.2 Å². The predicted molar refractivity (Wildman–Crippen MR) is 100 cm³/mol. The highest BCUT2D eigenvalue weighted by Crippen LogP contribution is 2.21. The zero-order valence-electron chi connectivity index (χ0n) is 14.9. The number of amides is 3. The number of rotatable bonds is 9. The Morgan fingerprint density at radius 2 is 1.85 bits per heavy atom. The molecule has 0 radical (unpaired) electrons. The molecule has 8 nitrogen and oxygen atoms in total. The van der Waals surface area contributed by atoms with Crippen molar-refractivity contribution in [1.29, 1.82) is 0 Å². The molecule has 3 amide bonds. The average Bonchev–Trinajstić information content (AvgIpc) is 2.56. The maximum Gasteiger partial charge on any atom is 0.329 e. The maximum atomic E-state index is 12.4. The Kier molecular flexibility index (Phi) is 9.04. The van der Waals surface area contributed by atoms with Crippen molar-refractivity contribution in [1.82, 2.24) is 10.6 Å². The van der Waals surface area contributed by atoms with E-state index in [1.807, 2.05) is 13.8 Å². The van der Waals surface area contributed by atoms with E-state index >= 15 is 0 Å². The fourth-order valence-electron chi connectivity index (χ4n) is 2.07. The van der Waals surface area contributed by atoms with Gasteiger partial charge in [-0.25, -0.2) is 4.79 Å². The third-order valence-corrected chi connectivity index (χ3v) is 3.83. The van der Waals surface area contributed by atoms with E-state index in [1.54, 1.807) is 0 Å². The molecule has 0 saturated heterocycles. The largest absolute Gasteiger partial charge is 0.454 e. The lowest BCUT2D eigenvalue weighted by Crippen LogP contribution is -2.44. The molecule has 0 fully saturated rings. The van der Waals surface area contributed by atoms with Gasteiger partial charge in [0.05, 0.1) is 17.1 Å². The molecule has 148 valence electrons. The molecule has 4 N–H and O–H groups in total. The fourth-order valence-corrected chi connectivity index (χ4v) is 2.56. The van der Waals surface area contributed by atoms with Crippen molar-refractivity contribution < 1.29 is 23.9 Å². The van der Waals surface area contributed by atoms with E-state index in [2.05, 4.69) is 10.6 Å². The summed E-state index contributed by atoms with van der Waals surface area (Å²) >= 11 is 11.8. The Labute approximate surface area is 166 Å². The van der Waals surface area contributed by atoms with Crippen LogP contribution in [0.4, 0.5) is 0 Å². The van der Waals surface area contributed by atoms with Crippen LogP contribution in [0, 0.1) is 5.92 Å². The summed E-state index contributed by atoms with van der Waals surface area (Å²) in [5, 5.41) is 5.25. The standard InChI is InChI=1S/C17H21Cl2N3O5/c1-9(2)5-13(17(26)27-8-15(24)21-7-14(20)23)22-16(25)11-4-3-10(18)6-12(11)19/h3-4,6,9,13H,5,7-8H2,1-2H3,(H2,20,23)(H,21,24)(H,22,25)/t13-/m1/s1. The lowest BCUT2D eigenvalue weighted by atomic mass is 10.0. The van der Waals surface area contributed by atoms with Crippen LogP contribution in [0.15, 0.2) is 18.2 Å². The second-order valence-corrected chi connectivity index (χ2v) is 6.97. The van der Waals surface area contributed by atoms with Crippen LogP contribution in [-0.2, 0) is 19.1 Å². The third kappa shape index (κ3) is 8.27. The quantitative estimate of drug-likeness (QED) is 0.521. The lowest BCUT2D eigenvalue weighted by Gasteiger charge is -2.19. The summed E-state index contributed by atoms with van der Waals surface area (Å²) in [7, 11) is 0. The Morgan fingerprint density at radius 1 is 1.19 bits per heavy atom. The number of hydrogen-bond donors (Lipinski definition) is 3. The number of carbonyl (C=O) groups is 4. The first-order chi connectivity index (χ1) is 12.6. The molecule has 0 aliphatic carbocycles. The summed E-state index contributed by atoms with van der Waals surface area (Å²) in [6, 6.07) is 3.38. The van der Waals surface area contributed by atoms with Gasteiger partial charge in [0.2, 0.25) is 5.91 Å². The second-order valence-electron chi connectivity index (χ2n) is 6.13. The first-order valence-electron chi connectivity index (χ1n) is 8.07. The summed E-state index contributed by atoms with van der Waals surface area (Å²) in [6.45, 7) is 2.76. The second kappa shape index (κ2) is 10.7. The number of carbonyl (C=O) groups excluding carboxylic acids is 4. The van der Waals surface area contributed by atoms with Crippen LogP contribution in [0.3, 0.4) is 0 Å². The normalized spacial score (nSPS) is 11.6. The highest BCUT2D eigenvalue weighted by molar-refractivity contribution is 6.36. The molecular formula is C17H21Cl2N3O5. The smallest absolute Gasteiger partial charge is 0.329 e. The van der Waals surface area contributed by atoms with E-state index in [0.29, 0.717) is 11.4 Å². The van der Waals surface area contributed by atoms with Gasteiger partial charge in [-0.2, -0.15) is 0 Å². The molecule has 0 heterocycles. The first-order valence-corrected chi connectivity index (χ1v) is 8.83. The molecule has 10 heteroatoms. The molecule has 1 atom stereocenters. The van der Waals surface area contributed by atoms with Gasteiger partial charge < -0.3 is 21.1 Å². The minimum atomic E-state index is -0.979. The van der Waals surface area contributed by atoms with Crippen LogP contribution < -0.4 is 16.4 Å². The molecule has 0 aliphatic heterocycles. The SMILES string of the molecule is CC(C)C[C@@H](NC(=O)c1ccc(Cl)cc1Cl)C(=O)OCC(=O)NCC(N)=O. The van der Waals surface area contributed by atoms with Gasteiger partial charge in [0.25, 0.3) is 11.8 Å². The van der Waals surface area contributed by atoms with Gasteiger partial charge in [0.15, 0.2) is 6.61 Å². The Morgan fingerprint density at radius 3 is 2.41 bits per heavy atom. The summed E-state index contributed by atoms with van der Waals surface area (Å²) in [4.78, 5) is 46.8. The molecule has 27 heavy (non-hydrogen) atoms. The number of nitrogens with two attached hydrogens (primary N) is 1. The molecule has 0 unspecified atom stereocenters. The van der Waals surface area contributed by atoms with Gasteiger partial charge >= 0.3 is 5.97 Å².